The van der Waals surface area contributed by atoms with Crippen molar-refractivity contribution >= 4 is 23.4 Å². The van der Waals surface area contributed by atoms with E-state index in [1.807, 2.05) is 36.4 Å². The first-order valence-corrected chi connectivity index (χ1v) is 12.5. The summed E-state index contributed by atoms with van der Waals surface area (Å²) in [5.41, 5.74) is 8.68. The molecule has 0 radical (unpaired) electrons. The number of nitrogens with zero attached hydrogens (tertiary/aromatic N) is 1. The molecule has 8 heteroatoms. The highest BCUT2D eigenvalue weighted by Crippen LogP contribution is 2.51. The molecule has 0 saturated carbocycles. The van der Waals surface area contributed by atoms with Gasteiger partial charge in [0.05, 0.1) is 25.7 Å². The van der Waals surface area contributed by atoms with E-state index in [1.54, 1.807) is 35.2 Å². The normalized spacial score (nSPS) is 20.9. The second-order valence-corrected chi connectivity index (χ2v) is 9.36. The van der Waals surface area contributed by atoms with Gasteiger partial charge >= 0.3 is 11.9 Å². The van der Waals surface area contributed by atoms with Gasteiger partial charge in [-0.25, -0.2) is 9.18 Å². The van der Waals surface area contributed by atoms with Crippen molar-refractivity contribution in [2.75, 3.05) is 19.1 Å². The van der Waals surface area contributed by atoms with Crippen LogP contribution in [0.1, 0.15) is 29.4 Å². The van der Waals surface area contributed by atoms with E-state index in [2.05, 4.69) is 0 Å². The van der Waals surface area contributed by atoms with Crippen molar-refractivity contribution < 1.29 is 28.2 Å². The van der Waals surface area contributed by atoms with Crippen LogP contribution in [0, 0.1) is 11.7 Å². The lowest BCUT2D eigenvalue weighted by atomic mass is 9.67. The van der Waals surface area contributed by atoms with Gasteiger partial charge in [-0.1, -0.05) is 66.7 Å². The van der Waals surface area contributed by atoms with Gasteiger partial charge in [0.25, 0.3) is 0 Å². The Hall–Kier alpha value is -4.72. The minimum Gasteiger partial charge on any atom is -0.468 e. The molecule has 0 aromatic heterocycles. The minimum atomic E-state index is -1.21. The summed E-state index contributed by atoms with van der Waals surface area (Å²) in [7, 11) is 2.42. The largest absolute Gasteiger partial charge is 0.468 e. The smallest absolute Gasteiger partial charge is 0.338 e. The number of benzene rings is 3. The zero-order valence-electron chi connectivity index (χ0n) is 21.5. The summed E-state index contributed by atoms with van der Waals surface area (Å²) in [6.07, 6.45) is 0.208. The van der Waals surface area contributed by atoms with Crippen LogP contribution in [0.25, 0.3) is 0 Å². The van der Waals surface area contributed by atoms with E-state index in [4.69, 9.17) is 15.2 Å². The van der Waals surface area contributed by atoms with Crippen LogP contribution in [0.3, 0.4) is 0 Å². The fourth-order valence-corrected chi connectivity index (χ4v) is 5.64. The van der Waals surface area contributed by atoms with Gasteiger partial charge in [-0.2, -0.15) is 0 Å². The molecule has 39 heavy (non-hydrogen) atoms. The molecule has 3 aromatic rings. The fourth-order valence-electron chi connectivity index (χ4n) is 5.64. The first-order valence-electron chi connectivity index (χ1n) is 12.5. The third kappa shape index (κ3) is 4.37. The van der Waals surface area contributed by atoms with E-state index in [1.165, 1.54) is 32.4 Å². The number of hydrogen-bond donors (Lipinski definition) is 1. The number of para-hydroxylation sites is 1. The van der Waals surface area contributed by atoms with Crippen molar-refractivity contribution in [2.45, 2.75) is 18.3 Å². The molecule has 3 atom stereocenters. The highest BCUT2D eigenvalue weighted by Gasteiger charge is 2.51. The Morgan fingerprint density at radius 1 is 0.897 bits per heavy atom. The molecule has 0 spiro atoms. The lowest BCUT2D eigenvalue weighted by Gasteiger charge is -2.44. The molecular formula is C31H27FN2O5. The average molecular weight is 527 g/mol. The van der Waals surface area contributed by atoms with Gasteiger partial charge < -0.3 is 15.2 Å². The number of anilines is 1. The predicted molar refractivity (Wildman–Crippen MR) is 143 cm³/mol. The topological polar surface area (TPSA) is 98.9 Å². The summed E-state index contributed by atoms with van der Waals surface area (Å²) in [6.45, 7) is 0. The third-order valence-electron chi connectivity index (χ3n) is 7.36. The summed E-state index contributed by atoms with van der Waals surface area (Å²) in [5.74, 6) is -5.64. The molecule has 198 valence electrons. The average Bonchev–Trinajstić information content (AvgIpc) is 2.97. The molecule has 7 nitrogen and oxygen atoms in total. The molecule has 2 aliphatic rings. The van der Waals surface area contributed by atoms with Crippen LogP contribution in [0.15, 0.2) is 108 Å². The molecule has 3 aromatic carbocycles. The number of carbonyl (C=O) groups is 3. The number of rotatable bonds is 5. The Labute approximate surface area is 225 Å². The third-order valence-corrected chi connectivity index (χ3v) is 7.36. The second-order valence-electron chi connectivity index (χ2n) is 9.36. The number of ether oxygens (including phenoxy) is 2. The number of carbonyl (C=O) groups excluding carboxylic acids is 3. The second kappa shape index (κ2) is 10.6. The maximum absolute atomic E-state index is 15.4. The SMILES string of the molecule is COC(=O)C1=C(N)N(c2ccccc2)C2=C(C(=O)[C@H](C(=O)OC)[C@@H](c3ccccc3)C2)[C@@H]1c1ccccc1F. The van der Waals surface area contributed by atoms with Crippen molar-refractivity contribution in [1.82, 2.24) is 0 Å². The van der Waals surface area contributed by atoms with Gasteiger partial charge in [0, 0.05) is 28.4 Å². The van der Waals surface area contributed by atoms with Crippen LogP contribution in [0.2, 0.25) is 0 Å². The first kappa shape index (κ1) is 25.9. The fraction of sp³-hybridized carbons (Fsp3) is 0.194. The molecular weight excluding hydrogens is 499 g/mol. The number of allylic oxidation sites excluding steroid dienone is 2. The van der Waals surface area contributed by atoms with Gasteiger partial charge in [0.1, 0.15) is 17.6 Å². The lowest BCUT2D eigenvalue weighted by Crippen LogP contribution is -2.46. The molecule has 0 amide bonds. The van der Waals surface area contributed by atoms with Crippen molar-refractivity contribution in [2.24, 2.45) is 11.7 Å². The van der Waals surface area contributed by atoms with Crippen molar-refractivity contribution in [3.05, 3.63) is 125 Å². The quantitative estimate of drug-likeness (QED) is 0.384. The summed E-state index contributed by atoms with van der Waals surface area (Å²) >= 11 is 0. The van der Waals surface area contributed by atoms with E-state index in [0.717, 1.165) is 5.56 Å². The van der Waals surface area contributed by atoms with Crippen LogP contribution < -0.4 is 10.6 Å². The van der Waals surface area contributed by atoms with Crippen molar-refractivity contribution in [3.8, 4) is 0 Å². The Morgan fingerprint density at radius 2 is 1.51 bits per heavy atom. The Bertz CT molecular complexity index is 1500. The van der Waals surface area contributed by atoms with Gasteiger partial charge in [0.2, 0.25) is 0 Å². The van der Waals surface area contributed by atoms with Crippen LogP contribution in [0.5, 0.6) is 0 Å². The number of ketones is 1. The standard InChI is InChI=1S/C31H27FN2O5/c1-38-30(36)25-21(18-11-5-3-6-12-18)17-23-26(28(25)35)24(20-15-9-10-16-22(20)32)27(31(37)39-2)29(33)34(23)19-13-7-4-8-14-19/h3-16,21,24-25H,17,33H2,1-2H3/t21-,24+,25-/m1/s1. The molecule has 0 bridgehead atoms. The zero-order chi connectivity index (χ0) is 27.7. The summed E-state index contributed by atoms with van der Waals surface area (Å²) < 4.78 is 25.5. The van der Waals surface area contributed by atoms with E-state index in [-0.39, 0.29) is 29.0 Å². The van der Waals surface area contributed by atoms with Gasteiger partial charge in [-0.15, -0.1) is 0 Å². The molecule has 0 fully saturated rings. The molecule has 2 N–H and O–H groups in total. The van der Waals surface area contributed by atoms with Crippen LogP contribution >= 0.6 is 0 Å². The van der Waals surface area contributed by atoms with E-state index >= 15 is 4.39 Å². The van der Waals surface area contributed by atoms with Gasteiger partial charge in [-0.3, -0.25) is 14.5 Å². The highest BCUT2D eigenvalue weighted by molar-refractivity contribution is 6.14. The molecule has 1 aliphatic carbocycles. The summed E-state index contributed by atoms with van der Waals surface area (Å²) in [6, 6.07) is 24.1. The van der Waals surface area contributed by atoms with Crippen molar-refractivity contribution in [1.29, 1.82) is 0 Å². The molecule has 0 saturated heterocycles. The highest BCUT2D eigenvalue weighted by atomic mass is 19.1. The number of nitrogens with two attached hydrogens (primary N) is 1. The Balaban J connectivity index is 1.84. The number of hydrogen-bond acceptors (Lipinski definition) is 7. The Morgan fingerprint density at radius 3 is 2.13 bits per heavy atom. The molecule has 5 rings (SSSR count). The maximum Gasteiger partial charge on any atom is 0.338 e. The number of esters is 2. The van der Waals surface area contributed by atoms with Crippen LogP contribution in [-0.4, -0.2) is 31.9 Å². The van der Waals surface area contributed by atoms with Gasteiger partial charge in [-0.05, 0) is 30.2 Å². The summed E-state index contributed by atoms with van der Waals surface area (Å²) in [5, 5.41) is 0. The van der Waals surface area contributed by atoms with E-state index in [9.17, 15) is 14.4 Å². The van der Waals surface area contributed by atoms with E-state index < -0.39 is 41.3 Å². The minimum absolute atomic E-state index is 0.0242. The molecule has 1 heterocycles. The van der Waals surface area contributed by atoms with Gasteiger partial charge in [0.15, 0.2) is 5.78 Å². The first-order chi connectivity index (χ1) is 18.9. The zero-order valence-corrected chi connectivity index (χ0v) is 21.5. The molecule has 0 unspecified atom stereocenters. The number of methoxy groups -OCH3 is 2. The Kier molecular flexibility index (Phi) is 7.02. The van der Waals surface area contributed by atoms with Crippen molar-refractivity contribution in [3.63, 3.8) is 0 Å². The monoisotopic (exact) mass is 526 g/mol. The number of halogens is 1. The number of Topliss-reactive ketones (excluding diaryl/α,β-unsaturated/α-hetero) is 1. The maximum atomic E-state index is 15.4. The summed E-state index contributed by atoms with van der Waals surface area (Å²) in [4.78, 5) is 42.5. The van der Waals surface area contributed by atoms with E-state index in [0.29, 0.717) is 11.4 Å². The lowest BCUT2D eigenvalue weighted by molar-refractivity contribution is -0.150. The molecule has 1 aliphatic heterocycles. The van der Waals surface area contributed by atoms with Crippen LogP contribution in [-0.2, 0) is 23.9 Å². The predicted octanol–water partition coefficient (Wildman–Crippen LogP) is 4.57. The van der Waals surface area contributed by atoms with Crippen LogP contribution in [0.4, 0.5) is 10.1 Å².